The van der Waals surface area contributed by atoms with Gasteiger partial charge in [-0.25, -0.2) is 9.97 Å². The number of nitrogens with zero attached hydrogens (tertiary/aromatic N) is 3. The van der Waals surface area contributed by atoms with E-state index < -0.39 is 0 Å². The van der Waals surface area contributed by atoms with Crippen LogP contribution >= 0.6 is 0 Å². The minimum atomic E-state index is 0.0350. The molecule has 25 heavy (non-hydrogen) atoms. The molecule has 2 heterocycles. The fourth-order valence-corrected chi connectivity index (χ4v) is 3.03. The smallest absolute Gasteiger partial charge is 0.224 e. The Morgan fingerprint density at radius 2 is 2.00 bits per heavy atom. The van der Waals surface area contributed by atoms with Crippen molar-refractivity contribution in [3.63, 3.8) is 0 Å². The molecule has 0 aliphatic carbocycles. The summed E-state index contributed by atoms with van der Waals surface area (Å²) in [7, 11) is 0. The van der Waals surface area contributed by atoms with Gasteiger partial charge in [0.05, 0.1) is 6.42 Å². The Labute approximate surface area is 148 Å². The van der Waals surface area contributed by atoms with Gasteiger partial charge in [0.2, 0.25) is 5.91 Å². The standard InChI is InChI=1S/C19H25N5O/c1-15-5-4-6-16(11-15)12-19(25)21-8-7-20-17-13-18(23-14-22-17)24-9-2-3-10-24/h4-6,11,13-14H,2-3,7-10,12H2,1H3,(H,21,25)(H,20,22,23). The van der Waals surface area contributed by atoms with E-state index in [2.05, 4.69) is 25.5 Å². The Bertz CT molecular complexity index is 712. The number of amides is 1. The van der Waals surface area contributed by atoms with E-state index in [1.165, 1.54) is 18.4 Å². The third-order valence-corrected chi connectivity index (χ3v) is 4.28. The predicted molar refractivity (Wildman–Crippen MR) is 99.9 cm³/mol. The minimum Gasteiger partial charge on any atom is -0.368 e. The van der Waals surface area contributed by atoms with Crippen LogP contribution in [-0.4, -0.2) is 42.1 Å². The van der Waals surface area contributed by atoms with Crippen molar-refractivity contribution in [3.8, 4) is 0 Å². The van der Waals surface area contributed by atoms with Crippen LogP contribution in [0.1, 0.15) is 24.0 Å². The second kappa shape index (κ2) is 8.46. The van der Waals surface area contributed by atoms with E-state index in [0.29, 0.717) is 19.5 Å². The molecular formula is C19H25N5O. The number of aromatic nitrogens is 2. The van der Waals surface area contributed by atoms with E-state index >= 15 is 0 Å². The van der Waals surface area contributed by atoms with Gasteiger partial charge in [0.1, 0.15) is 18.0 Å². The lowest BCUT2D eigenvalue weighted by Crippen LogP contribution is -2.30. The van der Waals surface area contributed by atoms with E-state index in [0.717, 1.165) is 30.3 Å². The molecule has 6 heteroatoms. The summed E-state index contributed by atoms with van der Waals surface area (Å²) in [6.45, 7) is 5.35. The minimum absolute atomic E-state index is 0.0350. The first-order valence-electron chi connectivity index (χ1n) is 8.84. The van der Waals surface area contributed by atoms with Crippen molar-refractivity contribution in [1.82, 2.24) is 15.3 Å². The lowest BCUT2D eigenvalue weighted by atomic mass is 10.1. The van der Waals surface area contributed by atoms with Crippen molar-refractivity contribution < 1.29 is 4.79 Å². The summed E-state index contributed by atoms with van der Waals surface area (Å²) in [4.78, 5) is 22.8. The quantitative estimate of drug-likeness (QED) is 0.757. The molecule has 2 N–H and O–H groups in total. The third kappa shape index (κ3) is 5.17. The van der Waals surface area contributed by atoms with Crippen LogP contribution in [0.2, 0.25) is 0 Å². The Balaban J connectivity index is 1.41. The van der Waals surface area contributed by atoms with Crippen LogP contribution in [0.15, 0.2) is 36.7 Å². The van der Waals surface area contributed by atoms with Crippen molar-refractivity contribution in [2.24, 2.45) is 0 Å². The summed E-state index contributed by atoms with van der Waals surface area (Å²) in [6.07, 6.45) is 4.44. The highest BCUT2D eigenvalue weighted by Gasteiger charge is 2.13. The lowest BCUT2D eigenvalue weighted by molar-refractivity contribution is -0.120. The second-order valence-electron chi connectivity index (χ2n) is 6.40. The molecule has 1 aliphatic rings. The summed E-state index contributed by atoms with van der Waals surface area (Å²) in [6, 6.07) is 10.0. The fourth-order valence-electron chi connectivity index (χ4n) is 3.03. The zero-order valence-corrected chi connectivity index (χ0v) is 14.7. The van der Waals surface area contributed by atoms with Gasteiger partial charge in [0.15, 0.2) is 0 Å². The van der Waals surface area contributed by atoms with Gasteiger partial charge in [-0.3, -0.25) is 4.79 Å². The number of carbonyl (C=O) groups excluding carboxylic acids is 1. The van der Waals surface area contributed by atoms with E-state index in [1.54, 1.807) is 6.33 Å². The van der Waals surface area contributed by atoms with Crippen LogP contribution in [-0.2, 0) is 11.2 Å². The van der Waals surface area contributed by atoms with Crippen LogP contribution in [0.5, 0.6) is 0 Å². The molecule has 1 amide bonds. The summed E-state index contributed by atoms with van der Waals surface area (Å²) in [5.41, 5.74) is 2.21. The van der Waals surface area contributed by atoms with Crippen molar-refractivity contribution in [2.75, 3.05) is 36.4 Å². The van der Waals surface area contributed by atoms with Crippen LogP contribution in [0, 0.1) is 6.92 Å². The summed E-state index contributed by atoms with van der Waals surface area (Å²) in [5.74, 6) is 1.80. The number of anilines is 2. The van der Waals surface area contributed by atoms with E-state index in [1.807, 2.05) is 37.3 Å². The second-order valence-corrected chi connectivity index (χ2v) is 6.40. The maximum Gasteiger partial charge on any atom is 0.224 e. The van der Waals surface area contributed by atoms with Crippen LogP contribution in [0.4, 0.5) is 11.6 Å². The topological polar surface area (TPSA) is 70.2 Å². The number of aryl methyl sites for hydroxylation is 1. The first-order valence-corrected chi connectivity index (χ1v) is 8.84. The van der Waals surface area contributed by atoms with Gasteiger partial charge >= 0.3 is 0 Å². The molecule has 0 radical (unpaired) electrons. The molecule has 1 aliphatic heterocycles. The van der Waals surface area contributed by atoms with Crippen LogP contribution in [0.3, 0.4) is 0 Å². The molecule has 132 valence electrons. The molecule has 2 aromatic rings. The Morgan fingerprint density at radius 1 is 1.16 bits per heavy atom. The van der Waals surface area contributed by atoms with Gasteiger partial charge in [-0.2, -0.15) is 0 Å². The molecule has 1 aromatic heterocycles. The number of hydrogen-bond donors (Lipinski definition) is 2. The molecule has 1 aromatic carbocycles. The number of rotatable bonds is 7. The van der Waals surface area contributed by atoms with E-state index in [9.17, 15) is 4.79 Å². The zero-order chi connectivity index (χ0) is 17.5. The van der Waals surface area contributed by atoms with Crippen molar-refractivity contribution in [2.45, 2.75) is 26.2 Å². The highest BCUT2D eigenvalue weighted by atomic mass is 16.1. The fraction of sp³-hybridized carbons (Fsp3) is 0.421. The van der Waals surface area contributed by atoms with Gasteiger partial charge in [-0.05, 0) is 25.3 Å². The summed E-state index contributed by atoms with van der Waals surface area (Å²) in [5, 5.41) is 6.18. The third-order valence-electron chi connectivity index (χ3n) is 4.28. The van der Waals surface area contributed by atoms with Crippen LogP contribution < -0.4 is 15.5 Å². The van der Waals surface area contributed by atoms with Crippen LogP contribution in [0.25, 0.3) is 0 Å². The molecule has 1 fully saturated rings. The zero-order valence-electron chi connectivity index (χ0n) is 14.7. The Morgan fingerprint density at radius 3 is 2.80 bits per heavy atom. The molecule has 6 nitrogen and oxygen atoms in total. The van der Waals surface area contributed by atoms with Gasteiger partial charge < -0.3 is 15.5 Å². The van der Waals surface area contributed by atoms with E-state index in [4.69, 9.17) is 0 Å². The van der Waals surface area contributed by atoms with Crippen molar-refractivity contribution in [1.29, 1.82) is 0 Å². The molecule has 0 bridgehead atoms. The number of hydrogen-bond acceptors (Lipinski definition) is 5. The average Bonchev–Trinajstić information content (AvgIpc) is 3.14. The molecule has 0 saturated carbocycles. The highest BCUT2D eigenvalue weighted by Crippen LogP contribution is 2.18. The maximum atomic E-state index is 12.0. The maximum absolute atomic E-state index is 12.0. The largest absolute Gasteiger partial charge is 0.368 e. The van der Waals surface area contributed by atoms with Gasteiger partial charge in [-0.1, -0.05) is 29.8 Å². The van der Waals surface area contributed by atoms with Crippen molar-refractivity contribution in [3.05, 3.63) is 47.8 Å². The molecule has 0 spiro atoms. The van der Waals surface area contributed by atoms with Crippen molar-refractivity contribution >= 4 is 17.5 Å². The normalized spacial score (nSPS) is 13.7. The number of benzene rings is 1. The lowest BCUT2D eigenvalue weighted by Gasteiger charge is -2.16. The molecule has 1 saturated heterocycles. The van der Waals surface area contributed by atoms with Gasteiger partial charge in [0.25, 0.3) is 0 Å². The predicted octanol–water partition coefficient (Wildman–Crippen LogP) is 2.16. The SMILES string of the molecule is Cc1cccc(CC(=O)NCCNc2cc(N3CCCC3)ncn2)c1. The molecular weight excluding hydrogens is 314 g/mol. The first kappa shape index (κ1) is 17.2. The molecule has 0 unspecified atom stereocenters. The summed E-state index contributed by atoms with van der Waals surface area (Å²) >= 11 is 0. The van der Waals surface area contributed by atoms with Gasteiger partial charge in [0, 0.05) is 32.2 Å². The number of carbonyl (C=O) groups is 1. The van der Waals surface area contributed by atoms with E-state index in [-0.39, 0.29) is 5.91 Å². The average molecular weight is 339 g/mol. The summed E-state index contributed by atoms with van der Waals surface area (Å²) < 4.78 is 0. The number of nitrogens with one attached hydrogen (secondary N) is 2. The monoisotopic (exact) mass is 339 g/mol. The first-order chi connectivity index (χ1) is 12.2. The molecule has 3 rings (SSSR count). The Hall–Kier alpha value is -2.63. The molecule has 0 atom stereocenters. The highest BCUT2D eigenvalue weighted by molar-refractivity contribution is 5.78. The Kier molecular flexibility index (Phi) is 5.82. The van der Waals surface area contributed by atoms with Gasteiger partial charge in [-0.15, -0.1) is 0 Å².